The van der Waals surface area contributed by atoms with Gasteiger partial charge in [0.1, 0.15) is 11.6 Å². The van der Waals surface area contributed by atoms with Crippen molar-refractivity contribution in [2.24, 2.45) is 0 Å². The topological polar surface area (TPSA) is 68.7 Å². The van der Waals surface area contributed by atoms with E-state index in [4.69, 9.17) is 15.5 Å². The van der Waals surface area contributed by atoms with Crippen molar-refractivity contribution in [1.82, 2.24) is 19.5 Å². The molecule has 3 heterocycles. The molecule has 0 saturated carbocycles. The summed E-state index contributed by atoms with van der Waals surface area (Å²) in [5, 5.41) is 4.39. The molecule has 0 spiro atoms. The molecule has 4 rings (SSSR count). The molecule has 1 fully saturated rings. The first-order valence-electron chi connectivity index (χ1n) is 9.11. The predicted octanol–water partition coefficient (Wildman–Crippen LogP) is 3.01. The molecule has 1 aliphatic rings. The molecule has 2 N–H and O–H groups in total. The number of fused-ring (bicyclic) bond motifs is 1. The number of nitrogen functional groups attached to an aromatic ring is 1. The molecule has 1 aromatic carbocycles. The number of piperidine rings is 1. The van der Waals surface area contributed by atoms with Crippen molar-refractivity contribution in [3.63, 3.8) is 0 Å². The van der Waals surface area contributed by atoms with Crippen LogP contribution in [0, 0.1) is 6.92 Å². The van der Waals surface area contributed by atoms with Crippen LogP contribution in [-0.4, -0.2) is 39.7 Å². The fourth-order valence-corrected chi connectivity index (χ4v) is 3.86. The van der Waals surface area contributed by atoms with E-state index in [-0.39, 0.29) is 0 Å². The first kappa shape index (κ1) is 16.8. The molecule has 1 unspecified atom stereocenters. The van der Waals surface area contributed by atoms with E-state index >= 15 is 0 Å². The average molecular weight is 351 g/mol. The van der Waals surface area contributed by atoms with Crippen LogP contribution in [0.2, 0.25) is 0 Å². The lowest BCUT2D eigenvalue weighted by Gasteiger charge is -2.32. The number of likely N-dealkylation sites (tertiary alicyclic amines) is 1. The molecule has 0 radical (unpaired) electrons. The lowest BCUT2D eigenvalue weighted by atomic mass is 9.94. The zero-order chi connectivity index (χ0) is 18.1. The maximum Gasteiger partial charge on any atom is 0.157 e. The van der Waals surface area contributed by atoms with E-state index in [1.807, 2.05) is 31.2 Å². The molecule has 1 saturated heterocycles. The van der Waals surface area contributed by atoms with Crippen LogP contribution in [0.4, 0.5) is 5.82 Å². The minimum absolute atomic E-state index is 0.390. The summed E-state index contributed by atoms with van der Waals surface area (Å²) in [6.07, 6.45) is 2.29. The van der Waals surface area contributed by atoms with Gasteiger partial charge in [0.15, 0.2) is 5.65 Å². The van der Waals surface area contributed by atoms with Crippen molar-refractivity contribution in [3.8, 4) is 5.75 Å². The van der Waals surface area contributed by atoms with Crippen molar-refractivity contribution in [1.29, 1.82) is 0 Å². The Morgan fingerprint density at radius 2 is 2.12 bits per heavy atom. The second kappa shape index (κ2) is 6.96. The standard InChI is InChI=1S/C20H25N5O/c1-14-10-20-22-17(11-19(21)25(20)23-14)15-7-5-9-24(12-15)13-16-6-3-4-8-18(16)26-2/h3-4,6,8,10-11,15H,5,7,9,12-13,21H2,1-2H3. The molecule has 0 bridgehead atoms. The summed E-state index contributed by atoms with van der Waals surface area (Å²) < 4.78 is 7.22. The lowest BCUT2D eigenvalue weighted by Crippen LogP contribution is -2.34. The van der Waals surface area contributed by atoms with Gasteiger partial charge in [0, 0.05) is 36.7 Å². The van der Waals surface area contributed by atoms with Crippen LogP contribution in [0.5, 0.6) is 5.75 Å². The molecular weight excluding hydrogens is 326 g/mol. The zero-order valence-electron chi connectivity index (χ0n) is 15.4. The van der Waals surface area contributed by atoms with Crippen LogP contribution in [0.3, 0.4) is 0 Å². The number of hydrogen-bond acceptors (Lipinski definition) is 5. The summed E-state index contributed by atoms with van der Waals surface area (Å²) in [6, 6.07) is 12.2. The number of aryl methyl sites for hydroxylation is 1. The van der Waals surface area contributed by atoms with E-state index in [1.54, 1.807) is 11.6 Å². The SMILES string of the molecule is COc1ccccc1CN1CCCC(c2cc(N)n3nc(C)cc3n2)C1. The van der Waals surface area contributed by atoms with Gasteiger partial charge in [0.05, 0.1) is 18.5 Å². The van der Waals surface area contributed by atoms with Crippen LogP contribution < -0.4 is 10.5 Å². The van der Waals surface area contributed by atoms with Crippen LogP contribution >= 0.6 is 0 Å². The normalized spacial score (nSPS) is 18.3. The van der Waals surface area contributed by atoms with Gasteiger partial charge in [-0.2, -0.15) is 9.61 Å². The Bertz CT molecular complexity index is 920. The molecule has 2 aromatic heterocycles. The zero-order valence-corrected chi connectivity index (χ0v) is 15.4. The number of anilines is 1. The Morgan fingerprint density at radius 1 is 1.27 bits per heavy atom. The third-order valence-electron chi connectivity index (χ3n) is 5.11. The molecule has 1 aliphatic heterocycles. The Kier molecular flexibility index (Phi) is 4.51. The monoisotopic (exact) mass is 351 g/mol. The largest absolute Gasteiger partial charge is 0.496 e. The van der Waals surface area contributed by atoms with Crippen LogP contribution in [0.25, 0.3) is 5.65 Å². The number of ether oxygens (including phenoxy) is 1. The summed E-state index contributed by atoms with van der Waals surface area (Å²) in [4.78, 5) is 7.31. The molecule has 1 atom stereocenters. The molecule has 136 valence electrons. The van der Waals surface area contributed by atoms with Gasteiger partial charge in [-0.1, -0.05) is 18.2 Å². The first-order chi connectivity index (χ1) is 12.6. The molecule has 3 aromatic rings. The summed E-state index contributed by atoms with van der Waals surface area (Å²) in [5.41, 5.74) is 10.3. The highest BCUT2D eigenvalue weighted by molar-refractivity contribution is 5.48. The Labute approximate surface area is 153 Å². The number of methoxy groups -OCH3 is 1. The van der Waals surface area contributed by atoms with Gasteiger partial charge >= 0.3 is 0 Å². The van der Waals surface area contributed by atoms with E-state index < -0.39 is 0 Å². The predicted molar refractivity (Wildman–Crippen MR) is 102 cm³/mol. The highest BCUT2D eigenvalue weighted by atomic mass is 16.5. The first-order valence-corrected chi connectivity index (χ1v) is 9.11. The second-order valence-electron chi connectivity index (χ2n) is 7.05. The van der Waals surface area contributed by atoms with Crippen LogP contribution in [-0.2, 0) is 6.54 Å². The Hall–Kier alpha value is -2.60. The van der Waals surface area contributed by atoms with Crippen molar-refractivity contribution >= 4 is 11.5 Å². The van der Waals surface area contributed by atoms with Crippen molar-refractivity contribution < 1.29 is 4.74 Å². The number of aromatic nitrogens is 3. The fourth-order valence-electron chi connectivity index (χ4n) is 3.86. The van der Waals surface area contributed by atoms with Gasteiger partial charge in [-0.3, -0.25) is 4.90 Å². The van der Waals surface area contributed by atoms with Gasteiger partial charge in [0.2, 0.25) is 0 Å². The molecule has 0 aliphatic carbocycles. The highest BCUT2D eigenvalue weighted by Gasteiger charge is 2.24. The number of hydrogen-bond donors (Lipinski definition) is 1. The van der Waals surface area contributed by atoms with Gasteiger partial charge in [-0.05, 0) is 32.4 Å². The highest BCUT2D eigenvalue weighted by Crippen LogP contribution is 2.29. The van der Waals surface area contributed by atoms with Crippen molar-refractivity contribution in [3.05, 3.63) is 53.3 Å². The van der Waals surface area contributed by atoms with Gasteiger partial charge < -0.3 is 10.5 Å². The number of para-hydroxylation sites is 1. The van der Waals surface area contributed by atoms with E-state index in [9.17, 15) is 0 Å². The smallest absolute Gasteiger partial charge is 0.157 e. The van der Waals surface area contributed by atoms with E-state index in [2.05, 4.69) is 22.1 Å². The third-order valence-corrected chi connectivity index (χ3v) is 5.11. The third kappa shape index (κ3) is 3.24. The molecule has 6 heteroatoms. The molecule has 0 amide bonds. The maximum absolute atomic E-state index is 6.20. The molecule has 26 heavy (non-hydrogen) atoms. The number of nitrogens with zero attached hydrogens (tertiary/aromatic N) is 4. The minimum atomic E-state index is 0.390. The number of benzene rings is 1. The minimum Gasteiger partial charge on any atom is -0.496 e. The summed E-state index contributed by atoms with van der Waals surface area (Å²) in [5.74, 6) is 1.99. The summed E-state index contributed by atoms with van der Waals surface area (Å²) in [7, 11) is 1.73. The van der Waals surface area contributed by atoms with Gasteiger partial charge in [0.25, 0.3) is 0 Å². The quantitative estimate of drug-likeness (QED) is 0.782. The van der Waals surface area contributed by atoms with Crippen molar-refractivity contribution in [2.75, 3.05) is 25.9 Å². The van der Waals surface area contributed by atoms with E-state index in [1.165, 1.54) is 5.56 Å². The molecular formula is C20H25N5O. The van der Waals surface area contributed by atoms with Crippen LogP contribution in [0.15, 0.2) is 36.4 Å². The van der Waals surface area contributed by atoms with Gasteiger partial charge in [-0.15, -0.1) is 0 Å². The van der Waals surface area contributed by atoms with E-state index in [0.29, 0.717) is 11.7 Å². The van der Waals surface area contributed by atoms with Gasteiger partial charge in [-0.25, -0.2) is 4.98 Å². The fraction of sp³-hybridized carbons (Fsp3) is 0.400. The number of rotatable bonds is 4. The Morgan fingerprint density at radius 3 is 2.96 bits per heavy atom. The van der Waals surface area contributed by atoms with E-state index in [0.717, 1.165) is 55.3 Å². The summed E-state index contributed by atoms with van der Waals surface area (Å²) in [6.45, 7) is 4.93. The Balaban J connectivity index is 1.55. The lowest BCUT2D eigenvalue weighted by molar-refractivity contribution is 0.196. The average Bonchev–Trinajstić information content (AvgIpc) is 3.03. The second-order valence-corrected chi connectivity index (χ2v) is 7.05. The molecule has 6 nitrogen and oxygen atoms in total. The summed E-state index contributed by atoms with van der Waals surface area (Å²) >= 11 is 0. The number of nitrogens with two attached hydrogens (primary N) is 1. The van der Waals surface area contributed by atoms with Crippen molar-refractivity contribution in [2.45, 2.75) is 32.2 Å². The van der Waals surface area contributed by atoms with Crippen LogP contribution in [0.1, 0.15) is 35.7 Å². The maximum atomic E-state index is 6.20.